The van der Waals surface area contributed by atoms with Gasteiger partial charge in [0.15, 0.2) is 5.96 Å². The molecule has 2 aliphatic rings. The highest BCUT2D eigenvalue weighted by molar-refractivity contribution is 5.98. The van der Waals surface area contributed by atoms with Crippen LogP contribution in [0, 0.1) is 0 Å². The molecule has 0 radical (unpaired) electrons. The molecular formula is C20H30N8O. The van der Waals surface area contributed by atoms with Gasteiger partial charge in [-0.2, -0.15) is 5.10 Å². The molecule has 9 heteroatoms. The van der Waals surface area contributed by atoms with Crippen molar-refractivity contribution in [3.8, 4) is 0 Å². The molecule has 1 fully saturated rings. The minimum absolute atomic E-state index is 0.0663. The Morgan fingerprint density at radius 2 is 2.14 bits per heavy atom. The molecule has 29 heavy (non-hydrogen) atoms. The normalized spacial score (nSPS) is 17.6. The fourth-order valence-electron chi connectivity index (χ4n) is 3.97. The Morgan fingerprint density at radius 1 is 1.24 bits per heavy atom. The number of guanidine groups is 1. The largest absolute Gasteiger partial charge is 0.357 e. The zero-order chi connectivity index (χ0) is 20.2. The predicted octanol–water partition coefficient (Wildman–Crippen LogP) is 0.810. The summed E-state index contributed by atoms with van der Waals surface area (Å²) in [6, 6.07) is 0. The number of carbonyl (C=O) groups is 1. The van der Waals surface area contributed by atoms with E-state index in [2.05, 4.69) is 21.2 Å². The maximum absolute atomic E-state index is 12.7. The third-order valence-electron chi connectivity index (χ3n) is 5.45. The minimum Gasteiger partial charge on any atom is -0.357 e. The lowest BCUT2D eigenvalue weighted by Gasteiger charge is -2.35. The molecule has 2 aliphatic heterocycles. The Labute approximate surface area is 171 Å². The summed E-state index contributed by atoms with van der Waals surface area (Å²) in [6.45, 7) is 6.25. The molecule has 2 aromatic rings. The molecule has 0 atom stereocenters. The van der Waals surface area contributed by atoms with E-state index in [0.717, 1.165) is 49.8 Å². The number of fused-ring (bicyclic) bond motifs is 1. The highest BCUT2D eigenvalue weighted by Crippen LogP contribution is 2.17. The molecular weight excluding hydrogens is 368 g/mol. The predicted molar refractivity (Wildman–Crippen MR) is 112 cm³/mol. The number of carbonyl (C=O) groups excluding carboxylic acids is 1. The summed E-state index contributed by atoms with van der Waals surface area (Å²) in [5.74, 6) is 2.08. The zero-order valence-corrected chi connectivity index (χ0v) is 17.3. The zero-order valence-electron chi connectivity index (χ0n) is 17.3. The van der Waals surface area contributed by atoms with E-state index < -0.39 is 0 Å². The number of aliphatic imine (C=N–C) groups is 1. The van der Waals surface area contributed by atoms with Gasteiger partial charge in [0.1, 0.15) is 12.4 Å². The Hall–Kier alpha value is -2.84. The second kappa shape index (κ2) is 8.67. The molecule has 1 N–H and O–H groups in total. The maximum Gasteiger partial charge on any atom is 0.246 e. The molecule has 0 unspecified atom stereocenters. The molecule has 0 aliphatic carbocycles. The van der Waals surface area contributed by atoms with Gasteiger partial charge in [-0.25, -0.2) is 4.98 Å². The molecule has 1 amide bonds. The van der Waals surface area contributed by atoms with Crippen molar-refractivity contribution in [2.45, 2.75) is 39.2 Å². The molecule has 156 valence electrons. The first kappa shape index (κ1) is 19.5. The summed E-state index contributed by atoms with van der Waals surface area (Å²) in [5, 5.41) is 7.50. The summed E-state index contributed by atoms with van der Waals surface area (Å²) >= 11 is 0. The first-order chi connectivity index (χ1) is 14.1. The Bertz CT molecular complexity index is 859. The summed E-state index contributed by atoms with van der Waals surface area (Å²) in [5.41, 5.74) is 1.96. The number of aromatic nitrogens is 4. The smallest absolute Gasteiger partial charge is 0.246 e. The fraction of sp³-hybridized carbons (Fsp3) is 0.600. The highest BCUT2D eigenvalue weighted by atomic mass is 16.2. The quantitative estimate of drug-likeness (QED) is 0.595. The first-order valence-electron chi connectivity index (χ1n) is 10.5. The topological polar surface area (TPSA) is 83.6 Å². The second-order valence-electron chi connectivity index (χ2n) is 7.62. The Kier molecular flexibility index (Phi) is 5.82. The lowest BCUT2D eigenvalue weighted by Crippen LogP contribution is -2.55. The standard InChI is InChI=1S/C20H30N8O/c1-3-21-20(22-8-7-16-13-26-9-5-4-6-18(26)24-16)27-10-11-28(19(29)15-27)17-12-23-25(2)14-17/h12-14H,3-11,15H2,1-2H3,(H,21,22). The SMILES string of the molecule is CCNC(=NCCc1cn2c(n1)CCCC2)N1CCN(c2cnn(C)c2)C(=O)C1. The van der Waals surface area contributed by atoms with E-state index in [4.69, 9.17) is 9.98 Å². The lowest BCUT2D eigenvalue weighted by molar-refractivity contribution is -0.120. The number of amides is 1. The van der Waals surface area contributed by atoms with E-state index in [0.29, 0.717) is 19.6 Å². The van der Waals surface area contributed by atoms with Gasteiger partial charge in [-0.15, -0.1) is 0 Å². The highest BCUT2D eigenvalue weighted by Gasteiger charge is 2.27. The van der Waals surface area contributed by atoms with Gasteiger partial charge in [0.2, 0.25) is 5.91 Å². The summed E-state index contributed by atoms with van der Waals surface area (Å²) in [7, 11) is 1.86. The number of nitrogens with one attached hydrogen (secondary N) is 1. The molecule has 0 spiro atoms. The molecule has 2 aromatic heterocycles. The molecule has 0 bridgehead atoms. The van der Waals surface area contributed by atoms with Crippen molar-refractivity contribution in [3.05, 3.63) is 30.1 Å². The van der Waals surface area contributed by atoms with Crippen LogP contribution in [0.25, 0.3) is 0 Å². The number of aryl methyl sites for hydroxylation is 3. The minimum atomic E-state index is 0.0663. The van der Waals surface area contributed by atoms with Gasteiger partial charge in [-0.3, -0.25) is 14.5 Å². The van der Waals surface area contributed by atoms with Crippen LogP contribution in [0.1, 0.15) is 31.3 Å². The summed E-state index contributed by atoms with van der Waals surface area (Å²) in [4.78, 5) is 26.0. The second-order valence-corrected chi connectivity index (χ2v) is 7.62. The number of hydrogen-bond acceptors (Lipinski definition) is 4. The van der Waals surface area contributed by atoms with Gasteiger partial charge < -0.3 is 19.7 Å². The lowest BCUT2D eigenvalue weighted by atomic mass is 10.2. The van der Waals surface area contributed by atoms with Crippen LogP contribution in [0.15, 0.2) is 23.6 Å². The van der Waals surface area contributed by atoms with E-state index >= 15 is 0 Å². The molecule has 4 heterocycles. The number of piperazine rings is 1. The van der Waals surface area contributed by atoms with Crippen molar-refractivity contribution < 1.29 is 4.79 Å². The van der Waals surface area contributed by atoms with E-state index in [1.165, 1.54) is 18.7 Å². The van der Waals surface area contributed by atoms with Gasteiger partial charge in [-0.05, 0) is 19.8 Å². The third-order valence-corrected chi connectivity index (χ3v) is 5.45. The van der Waals surface area contributed by atoms with E-state index in [1.807, 2.05) is 25.1 Å². The van der Waals surface area contributed by atoms with Gasteiger partial charge >= 0.3 is 0 Å². The van der Waals surface area contributed by atoms with Crippen LogP contribution in [0.2, 0.25) is 0 Å². The maximum atomic E-state index is 12.7. The van der Waals surface area contributed by atoms with Gasteiger partial charge in [-0.1, -0.05) is 0 Å². The Balaban J connectivity index is 1.37. The Morgan fingerprint density at radius 3 is 2.86 bits per heavy atom. The van der Waals surface area contributed by atoms with Crippen LogP contribution < -0.4 is 10.2 Å². The molecule has 1 saturated heterocycles. The van der Waals surface area contributed by atoms with Crippen molar-refractivity contribution in [1.29, 1.82) is 0 Å². The van der Waals surface area contributed by atoms with Crippen LogP contribution in [0.3, 0.4) is 0 Å². The van der Waals surface area contributed by atoms with Crippen molar-refractivity contribution in [1.82, 2.24) is 29.5 Å². The third kappa shape index (κ3) is 4.44. The van der Waals surface area contributed by atoms with Crippen molar-refractivity contribution in [2.24, 2.45) is 12.0 Å². The average Bonchev–Trinajstić information content (AvgIpc) is 3.33. The monoisotopic (exact) mass is 398 g/mol. The van der Waals surface area contributed by atoms with Gasteiger partial charge in [0.25, 0.3) is 0 Å². The van der Waals surface area contributed by atoms with E-state index in [9.17, 15) is 4.79 Å². The fourth-order valence-corrected chi connectivity index (χ4v) is 3.97. The summed E-state index contributed by atoms with van der Waals surface area (Å²) in [6.07, 6.45) is 10.2. The summed E-state index contributed by atoms with van der Waals surface area (Å²) < 4.78 is 4.00. The van der Waals surface area contributed by atoms with Crippen molar-refractivity contribution in [2.75, 3.05) is 37.6 Å². The van der Waals surface area contributed by atoms with Crippen LogP contribution in [0.5, 0.6) is 0 Å². The number of imidazole rings is 1. The van der Waals surface area contributed by atoms with Gasteiger partial charge in [0, 0.05) is 65.0 Å². The van der Waals surface area contributed by atoms with Crippen molar-refractivity contribution in [3.63, 3.8) is 0 Å². The first-order valence-corrected chi connectivity index (χ1v) is 10.5. The molecule has 4 rings (SSSR count). The average molecular weight is 399 g/mol. The van der Waals surface area contributed by atoms with E-state index in [1.54, 1.807) is 15.8 Å². The van der Waals surface area contributed by atoms with Crippen molar-refractivity contribution >= 4 is 17.6 Å². The van der Waals surface area contributed by atoms with Crippen LogP contribution in [-0.4, -0.2) is 68.8 Å². The number of rotatable bonds is 5. The van der Waals surface area contributed by atoms with Crippen LogP contribution >= 0.6 is 0 Å². The van der Waals surface area contributed by atoms with Crippen LogP contribution in [-0.2, 0) is 31.2 Å². The number of nitrogens with zero attached hydrogens (tertiary/aromatic N) is 7. The molecule has 0 aromatic carbocycles. The molecule has 0 saturated carbocycles. The van der Waals surface area contributed by atoms with Gasteiger partial charge in [0.05, 0.1) is 17.6 Å². The molecule has 9 nitrogen and oxygen atoms in total. The number of anilines is 1. The van der Waals surface area contributed by atoms with Crippen LogP contribution in [0.4, 0.5) is 5.69 Å². The van der Waals surface area contributed by atoms with E-state index in [-0.39, 0.29) is 5.91 Å². The number of hydrogen-bond donors (Lipinski definition) is 1.